The van der Waals surface area contributed by atoms with E-state index in [1.54, 1.807) is 11.6 Å². The van der Waals surface area contributed by atoms with Gasteiger partial charge < -0.3 is 15.2 Å². The molecule has 1 aliphatic rings. The van der Waals surface area contributed by atoms with Crippen molar-refractivity contribution in [1.82, 2.24) is 14.7 Å². The monoisotopic (exact) mass is 295 g/mol. The molecule has 0 bridgehead atoms. The van der Waals surface area contributed by atoms with E-state index in [4.69, 9.17) is 4.74 Å². The summed E-state index contributed by atoms with van der Waals surface area (Å²) in [6, 6.07) is 0. The lowest BCUT2D eigenvalue weighted by atomic mass is 10.0. The van der Waals surface area contributed by atoms with Gasteiger partial charge in [0.15, 0.2) is 4.96 Å². The molecule has 0 spiro atoms. The third-order valence-electron chi connectivity index (χ3n) is 3.25. The summed E-state index contributed by atoms with van der Waals surface area (Å²) < 4.78 is 6.42. The van der Waals surface area contributed by atoms with E-state index in [1.807, 2.05) is 0 Å². The smallest absolute Gasteiger partial charge is 0.271 e. The fraction of sp³-hybridized carbons (Fsp3) is 0.417. The van der Waals surface area contributed by atoms with E-state index in [1.165, 1.54) is 21.9 Å². The number of hydrogen-bond donors (Lipinski definition) is 2. The number of nitrogens with zero attached hydrogens (tertiary/aromatic N) is 2. The van der Waals surface area contributed by atoms with Crippen LogP contribution in [-0.2, 0) is 4.74 Å². The summed E-state index contributed by atoms with van der Waals surface area (Å²) in [5.41, 5.74) is -1.50. The van der Waals surface area contributed by atoms with Gasteiger partial charge in [-0.05, 0) is 0 Å². The van der Waals surface area contributed by atoms with E-state index in [2.05, 4.69) is 10.3 Å². The highest BCUT2D eigenvalue weighted by molar-refractivity contribution is 7.15. The molecule has 7 nitrogen and oxygen atoms in total. The maximum atomic E-state index is 12.1. The van der Waals surface area contributed by atoms with E-state index >= 15 is 0 Å². The molecule has 20 heavy (non-hydrogen) atoms. The first-order valence-corrected chi connectivity index (χ1v) is 7.00. The number of amides is 1. The molecule has 106 valence electrons. The second-order valence-corrected chi connectivity index (χ2v) is 5.62. The van der Waals surface area contributed by atoms with Crippen LogP contribution in [0.5, 0.6) is 0 Å². The van der Waals surface area contributed by atoms with Crippen LogP contribution in [0.2, 0.25) is 0 Å². The largest absolute Gasteiger partial charge is 0.386 e. The van der Waals surface area contributed by atoms with Gasteiger partial charge in [0, 0.05) is 37.3 Å². The number of ether oxygens (including phenoxy) is 1. The van der Waals surface area contributed by atoms with Crippen molar-refractivity contribution in [3.8, 4) is 0 Å². The molecule has 1 saturated heterocycles. The molecule has 1 unspecified atom stereocenters. The first kappa shape index (κ1) is 13.2. The molecule has 1 amide bonds. The summed E-state index contributed by atoms with van der Waals surface area (Å²) in [7, 11) is 0. The van der Waals surface area contributed by atoms with Crippen molar-refractivity contribution in [2.75, 3.05) is 19.8 Å². The van der Waals surface area contributed by atoms with E-state index in [-0.39, 0.29) is 18.7 Å². The number of rotatable bonds is 3. The Kier molecular flexibility index (Phi) is 3.28. The topological polar surface area (TPSA) is 92.9 Å². The van der Waals surface area contributed by atoms with Crippen molar-refractivity contribution in [1.29, 1.82) is 0 Å². The first-order valence-electron chi connectivity index (χ1n) is 6.12. The zero-order chi connectivity index (χ0) is 14.2. The van der Waals surface area contributed by atoms with Crippen LogP contribution < -0.4 is 10.9 Å². The Morgan fingerprint density at radius 2 is 2.50 bits per heavy atom. The maximum absolute atomic E-state index is 12.1. The molecule has 3 heterocycles. The highest BCUT2D eigenvalue weighted by Crippen LogP contribution is 2.17. The summed E-state index contributed by atoms with van der Waals surface area (Å²) in [4.78, 5) is 28.7. The molecule has 0 aliphatic carbocycles. The van der Waals surface area contributed by atoms with Gasteiger partial charge in [0.25, 0.3) is 11.5 Å². The van der Waals surface area contributed by atoms with Gasteiger partial charge in [-0.2, -0.15) is 0 Å². The number of fused-ring (bicyclic) bond motifs is 1. The van der Waals surface area contributed by atoms with Crippen molar-refractivity contribution in [3.05, 3.63) is 33.7 Å². The molecule has 0 aromatic carbocycles. The van der Waals surface area contributed by atoms with E-state index in [9.17, 15) is 14.7 Å². The van der Waals surface area contributed by atoms with Gasteiger partial charge in [-0.1, -0.05) is 0 Å². The number of aliphatic hydroxyl groups is 1. The molecule has 3 rings (SSSR count). The second-order valence-electron chi connectivity index (χ2n) is 4.74. The molecule has 1 atom stereocenters. The van der Waals surface area contributed by atoms with Gasteiger partial charge in [-0.25, -0.2) is 4.98 Å². The van der Waals surface area contributed by atoms with Crippen molar-refractivity contribution in [2.45, 2.75) is 12.0 Å². The van der Waals surface area contributed by atoms with Gasteiger partial charge in [-0.3, -0.25) is 14.0 Å². The number of aromatic nitrogens is 2. The SMILES string of the molecule is O=C(NCC1(O)CCOC1)c1cnc2sccn2c1=O. The predicted molar refractivity (Wildman–Crippen MR) is 72.1 cm³/mol. The van der Waals surface area contributed by atoms with Crippen molar-refractivity contribution in [3.63, 3.8) is 0 Å². The van der Waals surface area contributed by atoms with Crippen LogP contribution in [0.1, 0.15) is 16.8 Å². The average Bonchev–Trinajstić information content (AvgIpc) is 3.06. The molecule has 2 aromatic rings. The van der Waals surface area contributed by atoms with Crippen LogP contribution in [0, 0.1) is 0 Å². The number of carbonyl (C=O) groups is 1. The van der Waals surface area contributed by atoms with Crippen molar-refractivity contribution >= 4 is 22.2 Å². The highest BCUT2D eigenvalue weighted by Gasteiger charge is 2.32. The fourth-order valence-corrected chi connectivity index (χ4v) is 2.73. The Labute approximate surface area is 117 Å². The van der Waals surface area contributed by atoms with Gasteiger partial charge in [0.05, 0.1) is 6.61 Å². The summed E-state index contributed by atoms with van der Waals surface area (Å²) in [6.45, 7) is 0.711. The molecular formula is C12H13N3O4S. The van der Waals surface area contributed by atoms with E-state index in [0.29, 0.717) is 18.0 Å². The lowest BCUT2D eigenvalue weighted by molar-refractivity contribution is 0.0264. The predicted octanol–water partition coefficient (Wildman–Crippen LogP) is -0.363. The molecule has 1 fully saturated rings. The maximum Gasteiger partial charge on any atom is 0.271 e. The first-order chi connectivity index (χ1) is 9.59. The Morgan fingerprint density at radius 3 is 3.25 bits per heavy atom. The fourth-order valence-electron chi connectivity index (χ4n) is 2.06. The molecule has 1 aliphatic heterocycles. The molecule has 8 heteroatoms. The lowest BCUT2D eigenvalue weighted by Crippen LogP contribution is -2.44. The van der Waals surface area contributed by atoms with E-state index < -0.39 is 17.1 Å². The minimum Gasteiger partial charge on any atom is -0.386 e. The quantitative estimate of drug-likeness (QED) is 0.806. The van der Waals surface area contributed by atoms with Crippen LogP contribution in [-0.4, -0.2) is 45.8 Å². The Morgan fingerprint density at radius 1 is 1.65 bits per heavy atom. The van der Waals surface area contributed by atoms with Crippen LogP contribution in [0.3, 0.4) is 0 Å². The minimum absolute atomic E-state index is 0.0385. The third kappa shape index (κ3) is 2.33. The Hall–Kier alpha value is -1.77. The minimum atomic E-state index is -1.05. The zero-order valence-corrected chi connectivity index (χ0v) is 11.4. The Bertz CT molecular complexity index is 702. The van der Waals surface area contributed by atoms with Gasteiger partial charge >= 0.3 is 0 Å². The molecule has 2 N–H and O–H groups in total. The number of thiazole rings is 1. The second kappa shape index (κ2) is 4.97. The normalized spacial score (nSPS) is 22.2. The summed E-state index contributed by atoms with van der Waals surface area (Å²) in [6.07, 6.45) is 3.30. The van der Waals surface area contributed by atoms with E-state index in [0.717, 1.165) is 0 Å². The molecule has 2 aromatic heterocycles. The highest BCUT2D eigenvalue weighted by atomic mass is 32.1. The molecular weight excluding hydrogens is 282 g/mol. The van der Waals surface area contributed by atoms with Gasteiger partial charge in [-0.15, -0.1) is 11.3 Å². The van der Waals surface area contributed by atoms with Crippen LogP contribution >= 0.6 is 11.3 Å². The summed E-state index contributed by atoms with van der Waals surface area (Å²) >= 11 is 1.32. The average molecular weight is 295 g/mol. The van der Waals surface area contributed by atoms with Gasteiger partial charge in [0.2, 0.25) is 0 Å². The molecule has 0 saturated carbocycles. The van der Waals surface area contributed by atoms with Crippen LogP contribution in [0.4, 0.5) is 0 Å². The van der Waals surface area contributed by atoms with Crippen LogP contribution in [0.15, 0.2) is 22.6 Å². The number of hydrogen-bond acceptors (Lipinski definition) is 6. The lowest BCUT2D eigenvalue weighted by Gasteiger charge is -2.20. The van der Waals surface area contributed by atoms with Gasteiger partial charge in [0.1, 0.15) is 11.2 Å². The van der Waals surface area contributed by atoms with Crippen molar-refractivity contribution in [2.24, 2.45) is 0 Å². The van der Waals surface area contributed by atoms with Crippen LogP contribution in [0.25, 0.3) is 4.96 Å². The standard InChI is InChI=1S/C12H13N3O4S/c16-9(14-6-12(18)1-3-19-7-12)8-5-13-11-15(10(8)17)2-4-20-11/h2,4-5,18H,1,3,6-7H2,(H,14,16). The Balaban J connectivity index is 1.78. The summed E-state index contributed by atoms with van der Waals surface area (Å²) in [5.74, 6) is -0.538. The molecule has 0 radical (unpaired) electrons. The third-order valence-corrected chi connectivity index (χ3v) is 4.02. The zero-order valence-electron chi connectivity index (χ0n) is 10.5. The number of carbonyl (C=O) groups excluding carboxylic acids is 1. The summed E-state index contributed by atoms with van der Waals surface area (Å²) in [5, 5.41) is 14.3. The number of nitrogens with one attached hydrogen (secondary N) is 1. The van der Waals surface area contributed by atoms with Crippen molar-refractivity contribution < 1.29 is 14.6 Å².